The van der Waals surface area contributed by atoms with E-state index in [1.54, 1.807) is 6.20 Å². The van der Waals surface area contributed by atoms with Gasteiger partial charge in [-0.25, -0.2) is 18.2 Å². The molecular formula is C21H19F3N2OS. The number of aromatic nitrogens is 1. The Kier molecular flexibility index (Phi) is 6.46. The fourth-order valence-electron chi connectivity index (χ4n) is 2.75. The van der Waals surface area contributed by atoms with Crippen LogP contribution in [-0.2, 0) is 6.42 Å². The first-order chi connectivity index (χ1) is 13.5. The summed E-state index contributed by atoms with van der Waals surface area (Å²) < 4.78 is 40.9. The minimum absolute atomic E-state index is 0.144. The molecule has 1 amide bonds. The molecule has 7 heteroatoms. The zero-order valence-corrected chi connectivity index (χ0v) is 16.1. The highest BCUT2D eigenvalue weighted by molar-refractivity contribution is 7.15. The summed E-state index contributed by atoms with van der Waals surface area (Å²) in [5.41, 5.74) is 0.524. The first-order valence-electron chi connectivity index (χ1n) is 8.99. The van der Waals surface area contributed by atoms with Crippen molar-refractivity contribution in [3.63, 3.8) is 0 Å². The minimum Gasteiger partial charge on any atom is -0.298 e. The Hall–Kier alpha value is -2.67. The van der Waals surface area contributed by atoms with Gasteiger partial charge in [-0.2, -0.15) is 0 Å². The maximum Gasteiger partial charge on any atom is 0.260 e. The SMILES string of the molecule is CCCCCc1cnc(NC(=O)c2ccc(-c3ccc(F)c(F)c3)cc2F)s1. The number of aryl methyl sites for hydroxylation is 1. The monoisotopic (exact) mass is 404 g/mol. The molecule has 0 aliphatic rings. The number of benzene rings is 2. The number of rotatable bonds is 7. The highest BCUT2D eigenvalue weighted by atomic mass is 32.1. The molecule has 0 aliphatic carbocycles. The van der Waals surface area contributed by atoms with Crippen LogP contribution in [-0.4, -0.2) is 10.9 Å². The van der Waals surface area contributed by atoms with Crippen molar-refractivity contribution in [3.05, 3.63) is 70.5 Å². The standard InChI is InChI=1S/C21H19F3N2OS/c1-2-3-4-5-15-12-25-21(28-15)26-20(27)16-8-6-13(10-18(16)23)14-7-9-17(22)19(24)11-14/h6-12H,2-5H2,1H3,(H,25,26,27). The number of hydrogen-bond donors (Lipinski definition) is 1. The van der Waals surface area contributed by atoms with Gasteiger partial charge in [0.15, 0.2) is 16.8 Å². The Bertz CT molecular complexity index is 988. The van der Waals surface area contributed by atoms with Crippen LogP contribution in [0, 0.1) is 17.5 Å². The van der Waals surface area contributed by atoms with E-state index < -0.39 is 23.4 Å². The van der Waals surface area contributed by atoms with Crippen LogP contribution in [0.3, 0.4) is 0 Å². The molecule has 0 aliphatic heterocycles. The number of carbonyl (C=O) groups is 1. The Morgan fingerprint density at radius 1 is 1.00 bits per heavy atom. The summed E-state index contributed by atoms with van der Waals surface area (Å²) in [6.45, 7) is 2.13. The number of thiazole rings is 1. The number of anilines is 1. The van der Waals surface area contributed by atoms with Gasteiger partial charge in [0.2, 0.25) is 0 Å². The molecule has 0 saturated heterocycles. The molecule has 0 radical (unpaired) electrons. The molecule has 0 bridgehead atoms. The lowest BCUT2D eigenvalue weighted by atomic mass is 10.0. The Morgan fingerprint density at radius 3 is 2.39 bits per heavy atom. The summed E-state index contributed by atoms with van der Waals surface area (Å²) in [4.78, 5) is 17.6. The van der Waals surface area contributed by atoms with Crippen molar-refractivity contribution in [1.29, 1.82) is 0 Å². The molecule has 3 aromatic rings. The third-order valence-electron chi connectivity index (χ3n) is 4.27. The lowest BCUT2D eigenvalue weighted by Crippen LogP contribution is -2.13. The van der Waals surface area contributed by atoms with E-state index in [0.29, 0.717) is 16.3 Å². The number of halogens is 3. The van der Waals surface area contributed by atoms with E-state index in [0.717, 1.165) is 48.8 Å². The first kappa shape index (κ1) is 20.1. The summed E-state index contributed by atoms with van der Waals surface area (Å²) in [5.74, 6) is -3.35. The van der Waals surface area contributed by atoms with E-state index in [-0.39, 0.29) is 5.56 Å². The molecule has 1 N–H and O–H groups in total. The maximum absolute atomic E-state index is 14.4. The van der Waals surface area contributed by atoms with E-state index in [9.17, 15) is 18.0 Å². The second-order valence-electron chi connectivity index (χ2n) is 6.37. The number of unbranched alkanes of at least 4 members (excludes halogenated alkanes) is 2. The predicted octanol–water partition coefficient (Wildman–Crippen LogP) is 6.21. The molecule has 146 valence electrons. The third-order valence-corrected chi connectivity index (χ3v) is 5.24. The zero-order valence-electron chi connectivity index (χ0n) is 15.3. The fourth-order valence-corrected chi connectivity index (χ4v) is 3.60. The average molecular weight is 404 g/mol. The smallest absolute Gasteiger partial charge is 0.260 e. The summed E-state index contributed by atoms with van der Waals surface area (Å²) in [7, 11) is 0. The maximum atomic E-state index is 14.4. The number of nitrogens with zero attached hydrogens (tertiary/aromatic N) is 1. The molecule has 1 heterocycles. The fraction of sp³-hybridized carbons (Fsp3) is 0.238. The predicted molar refractivity (Wildman–Crippen MR) is 105 cm³/mol. The molecule has 0 fully saturated rings. The normalized spacial score (nSPS) is 10.9. The van der Waals surface area contributed by atoms with Crippen molar-refractivity contribution < 1.29 is 18.0 Å². The molecule has 0 atom stereocenters. The van der Waals surface area contributed by atoms with Crippen molar-refractivity contribution in [1.82, 2.24) is 4.98 Å². The van der Waals surface area contributed by atoms with E-state index in [1.807, 2.05) is 0 Å². The number of nitrogens with one attached hydrogen (secondary N) is 1. The molecule has 28 heavy (non-hydrogen) atoms. The van der Waals surface area contributed by atoms with Gasteiger partial charge in [0, 0.05) is 11.1 Å². The number of carbonyl (C=O) groups excluding carboxylic acids is 1. The largest absolute Gasteiger partial charge is 0.298 e. The van der Waals surface area contributed by atoms with Gasteiger partial charge in [-0.05, 0) is 48.2 Å². The van der Waals surface area contributed by atoms with E-state index in [4.69, 9.17) is 0 Å². The molecule has 3 nitrogen and oxygen atoms in total. The van der Waals surface area contributed by atoms with Crippen molar-refractivity contribution in [2.45, 2.75) is 32.6 Å². The summed E-state index contributed by atoms with van der Waals surface area (Å²) in [6.07, 6.45) is 5.95. The van der Waals surface area contributed by atoms with Crippen LogP contribution < -0.4 is 5.32 Å². The average Bonchev–Trinajstić information content (AvgIpc) is 3.11. The highest BCUT2D eigenvalue weighted by Crippen LogP contribution is 2.25. The summed E-state index contributed by atoms with van der Waals surface area (Å²) in [5, 5.41) is 3.02. The molecule has 0 saturated carbocycles. The van der Waals surface area contributed by atoms with Gasteiger partial charge in [-0.15, -0.1) is 11.3 Å². The highest BCUT2D eigenvalue weighted by Gasteiger charge is 2.15. The van der Waals surface area contributed by atoms with Crippen molar-refractivity contribution in [2.24, 2.45) is 0 Å². The van der Waals surface area contributed by atoms with Gasteiger partial charge < -0.3 is 0 Å². The topological polar surface area (TPSA) is 42.0 Å². The first-order valence-corrected chi connectivity index (χ1v) is 9.80. The molecule has 0 spiro atoms. The van der Waals surface area contributed by atoms with Crippen LogP contribution in [0.15, 0.2) is 42.6 Å². The van der Waals surface area contributed by atoms with E-state index in [1.165, 1.54) is 29.5 Å². The molecular weight excluding hydrogens is 385 g/mol. The molecule has 0 unspecified atom stereocenters. The van der Waals surface area contributed by atoms with Crippen LogP contribution in [0.1, 0.15) is 41.4 Å². The Morgan fingerprint density at radius 2 is 1.71 bits per heavy atom. The van der Waals surface area contributed by atoms with Crippen LogP contribution in [0.25, 0.3) is 11.1 Å². The zero-order chi connectivity index (χ0) is 20.1. The van der Waals surface area contributed by atoms with Gasteiger partial charge in [0.25, 0.3) is 5.91 Å². The number of hydrogen-bond acceptors (Lipinski definition) is 3. The molecule has 2 aromatic carbocycles. The van der Waals surface area contributed by atoms with Crippen molar-refractivity contribution in [2.75, 3.05) is 5.32 Å². The van der Waals surface area contributed by atoms with Crippen LogP contribution in [0.4, 0.5) is 18.3 Å². The summed E-state index contributed by atoms with van der Waals surface area (Å²) in [6, 6.07) is 7.24. The van der Waals surface area contributed by atoms with Crippen LogP contribution in [0.5, 0.6) is 0 Å². The Balaban J connectivity index is 1.71. The second kappa shape index (κ2) is 9.01. The van der Waals surface area contributed by atoms with E-state index >= 15 is 0 Å². The van der Waals surface area contributed by atoms with Crippen LogP contribution >= 0.6 is 11.3 Å². The van der Waals surface area contributed by atoms with Gasteiger partial charge in [0.05, 0.1) is 5.56 Å². The number of amides is 1. The lowest BCUT2D eigenvalue weighted by molar-refractivity contribution is 0.102. The van der Waals surface area contributed by atoms with Crippen molar-refractivity contribution in [3.8, 4) is 11.1 Å². The Labute approximate surface area is 165 Å². The minimum atomic E-state index is -1.02. The third kappa shape index (κ3) is 4.78. The van der Waals surface area contributed by atoms with Gasteiger partial charge in [-0.1, -0.05) is 31.9 Å². The van der Waals surface area contributed by atoms with Crippen LogP contribution in [0.2, 0.25) is 0 Å². The second-order valence-corrected chi connectivity index (χ2v) is 7.48. The summed E-state index contributed by atoms with van der Waals surface area (Å²) >= 11 is 1.37. The van der Waals surface area contributed by atoms with E-state index in [2.05, 4.69) is 17.2 Å². The lowest BCUT2D eigenvalue weighted by Gasteiger charge is -2.07. The quantitative estimate of drug-likeness (QED) is 0.476. The van der Waals surface area contributed by atoms with Gasteiger partial charge in [-0.3, -0.25) is 10.1 Å². The molecule has 1 aromatic heterocycles. The van der Waals surface area contributed by atoms with Gasteiger partial charge >= 0.3 is 0 Å². The van der Waals surface area contributed by atoms with Gasteiger partial charge in [0.1, 0.15) is 5.82 Å². The molecule has 3 rings (SSSR count). The van der Waals surface area contributed by atoms with Crippen molar-refractivity contribution >= 4 is 22.4 Å².